The number of aromatic nitrogens is 2. The molecule has 0 saturated heterocycles. The molecule has 218 valence electrons. The first-order valence-corrected chi connectivity index (χ1v) is 13.7. The predicted octanol–water partition coefficient (Wildman–Crippen LogP) is 6.88. The lowest BCUT2D eigenvalue weighted by Crippen LogP contribution is -2.38. The van der Waals surface area contributed by atoms with Crippen molar-refractivity contribution in [2.75, 3.05) is 4.90 Å². The summed E-state index contributed by atoms with van der Waals surface area (Å²) in [6, 6.07) is 15.6. The van der Waals surface area contributed by atoms with Crippen molar-refractivity contribution >= 4 is 29.3 Å². The Kier molecular flexibility index (Phi) is 9.05. The number of hydrogen-bond donors (Lipinski definition) is 1. The Hall–Kier alpha value is -4.58. The monoisotopic (exact) mass is 597 g/mol. The van der Waals surface area contributed by atoms with E-state index in [0.29, 0.717) is 15.3 Å². The summed E-state index contributed by atoms with van der Waals surface area (Å²) < 4.78 is 48.0. The van der Waals surface area contributed by atoms with Crippen LogP contribution in [0.25, 0.3) is 0 Å². The van der Waals surface area contributed by atoms with Crippen LogP contribution in [0.5, 0.6) is 11.6 Å². The Morgan fingerprint density at radius 2 is 1.81 bits per heavy atom. The maximum absolute atomic E-state index is 14.0. The Balaban J connectivity index is 1.65. The van der Waals surface area contributed by atoms with Crippen molar-refractivity contribution in [3.05, 3.63) is 112 Å². The number of anilines is 1. The molecule has 0 unspecified atom stereocenters. The molecule has 0 bridgehead atoms. The molecule has 4 aromatic rings. The van der Waals surface area contributed by atoms with E-state index in [1.54, 1.807) is 50.2 Å². The number of rotatable bonds is 9. The standard InChI is InChI=1S/C30H26F3N3O5S/c1-18(2)36(28(37)21-9-7-19(3)8-10-21)25-12-11-22(15-23(25)29(38)39)41-27-24(30(31,32)33)14-20(16-34-27)17-42-26-6-4-5-13-35(26)40/h4-16,18H,17H2,1-3H3,(H,38,39). The van der Waals surface area contributed by atoms with E-state index < -0.39 is 35.5 Å². The van der Waals surface area contributed by atoms with E-state index in [2.05, 4.69) is 4.98 Å². The van der Waals surface area contributed by atoms with Gasteiger partial charge in [0.2, 0.25) is 5.88 Å². The number of carbonyl (C=O) groups excluding carboxylic acids is 1. The zero-order valence-corrected chi connectivity index (χ0v) is 23.6. The molecule has 12 heteroatoms. The number of halogens is 3. The summed E-state index contributed by atoms with van der Waals surface area (Å²) in [4.78, 5) is 30.7. The van der Waals surface area contributed by atoms with Crippen molar-refractivity contribution < 1.29 is 37.3 Å². The number of hydrogen-bond acceptors (Lipinski definition) is 6. The first kappa shape index (κ1) is 30.4. The third-order valence-corrected chi connectivity index (χ3v) is 7.18. The minimum Gasteiger partial charge on any atom is -0.618 e. The minimum absolute atomic E-state index is 0.0422. The van der Waals surface area contributed by atoms with Gasteiger partial charge in [0.25, 0.3) is 10.9 Å². The van der Waals surface area contributed by atoms with Gasteiger partial charge in [-0.3, -0.25) is 4.79 Å². The van der Waals surface area contributed by atoms with Crippen molar-refractivity contribution in [2.45, 2.75) is 43.8 Å². The highest BCUT2D eigenvalue weighted by Crippen LogP contribution is 2.39. The summed E-state index contributed by atoms with van der Waals surface area (Å²) >= 11 is 1.05. The third-order valence-electron chi connectivity index (χ3n) is 6.09. The number of carboxylic acid groups (broad SMARTS) is 1. The number of alkyl halides is 3. The fourth-order valence-corrected chi connectivity index (χ4v) is 4.90. The maximum atomic E-state index is 14.0. The van der Waals surface area contributed by atoms with E-state index in [1.165, 1.54) is 35.5 Å². The van der Waals surface area contributed by atoms with Gasteiger partial charge in [-0.05, 0) is 68.8 Å². The zero-order chi connectivity index (χ0) is 30.6. The fourth-order valence-electron chi connectivity index (χ4n) is 4.07. The molecule has 0 aliphatic carbocycles. The Morgan fingerprint density at radius 3 is 2.43 bits per heavy atom. The molecule has 2 aromatic heterocycles. The highest BCUT2D eigenvalue weighted by atomic mass is 32.2. The molecule has 0 aliphatic heterocycles. The van der Waals surface area contributed by atoms with Crippen molar-refractivity contribution in [1.82, 2.24) is 4.98 Å². The van der Waals surface area contributed by atoms with Crippen molar-refractivity contribution in [3.8, 4) is 11.6 Å². The minimum atomic E-state index is -4.83. The number of benzene rings is 2. The van der Waals surface area contributed by atoms with Gasteiger partial charge >= 0.3 is 12.1 Å². The first-order valence-electron chi connectivity index (χ1n) is 12.7. The highest BCUT2D eigenvalue weighted by molar-refractivity contribution is 7.98. The van der Waals surface area contributed by atoms with E-state index in [9.17, 15) is 33.1 Å². The molecule has 0 saturated carbocycles. The van der Waals surface area contributed by atoms with E-state index in [0.717, 1.165) is 29.5 Å². The van der Waals surface area contributed by atoms with Gasteiger partial charge < -0.3 is 20.0 Å². The Morgan fingerprint density at radius 1 is 1.10 bits per heavy atom. The number of amides is 1. The molecule has 42 heavy (non-hydrogen) atoms. The second kappa shape index (κ2) is 12.5. The summed E-state index contributed by atoms with van der Waals surface area (Å²) in [5.74, 6) is -2.77. The topological polar surface area (TPSA) is 107 Å². The third kappa shape index (κ3) is 7.00. The van der Waals surface area contributed by atoms with Gasteiger partial charge in [-0.15, -0.1) is 0 Å². The van der Waals surface area contributed by atoms with Crippen LogP contribution in [0, 0.1) is 12.1 Å². The largest absolute Gasteiger partial charge is 0.618 e. The summed E-state index contributed by atoms with van der Waals surface area (Å²) in [5.41, 5.74) is 0.0527. The summed E-state index contributed by atoms with van der Waals surface area (Å²) in [6.07, 6.45) is -2.35. The quantitative estimate of drug-likeness (QED) is 0.127. The average Bonchev–Trinajstić information content (AvgIpc) is 2.93. The van der Waals surface area contributed by atoms with Gasteiger partial charge in [-0.1, -0.05) is 29.5 Å². The molecular weight excluding hydrogens is 571 g/mol. The number of aryl methyl sites for hydroxylation is 1. The van der Waals surface area contributed by atoms with Crippen LogP contribution >= 0.6 is 11.8 Å². The van der Waals surface area contributed by atoms with Gasteiger partial charge in [-0.25, -0.2) is 9.78 Å². The average molecular weight is 598 g/mol. The number of nitrogens with zero attached hydrogens (tertiary/aromatic N) is 3. The van der Waals surface area contributed by atoms with Crippen LogP contribution in [0.15, 0.2) is 84.1 Å². The lowest BCUT2D eigenvalue weighted by molar-refractivity contribution is -0.645. The normalized spacial score (nSPS) is 11.4. The van der Waals surface area contributed by atoms with Crippen LogP contribution < -0.4 is 14.4 Å². The number of carbonyl (C=O) groups is 2. The molecule has 2 aromatic carbocycles. The zero-order valence-electron chi connectivity index (χ0n) is 22.8. The fraction of sp³-hybridized carbons (Fsp3) is 0.200. The molecule has 0 radical (unpaired) electrons. The number of aromatic carboxylic acids is 1. The summed E-state index contributed by atoms with van der Waals surface area (Å²) in [6.45, 7) is 5.31. The molecule has 0 atom stereocenters. The molecule has 1 amide bonds. The van der Waals surface area contributed by atoms with Crippen molar-refractivity contribution in [1.29, 1.82) is 0 Å². The predicted molar refractivity (Wildman–Crippen MR) is 151 cm³/mol. The van der Waals surface area contributed by atoms with E-state index in [-0.39, 0.29) is 28.3 Å². The van der Waals surface area contributed by atoms with Crippen molar-refractivity contribution in [3.63, 3.8) is 0 Å². The van der Waals surface area contributed by atoms with Crippen molar-refractivity contribution in [2.24, 2.45) is 0 Å². The molecule has 0 fully saturated rings. The van der Waals surface area contributed by atoms with Gasteiger partial charge in [-0.2, -0.15) is 17.9 Å². The molecule has 1 N–H and O–H groups in total. The number of ether oxygens (including phenoxy) is 1. The van der Waals surface area contributed by atoms with Crippen LogP contribution in [-0.4, -0.2) is 28.0 Å². The van der Waals surface area contributed by atoms with Crippen LogP contribution in [0.4, 0.5) is 18.9 Å². The lowest BCUT2D eigenvalue weighted by Gasteiger charge is -2.28. The number of carboxylic acids is 1. The lowest BCUT2D eigenvalue weighted by atomic mass is 10.1. The van der Waals surface area contributed by atoms with Gasteiger partial charge in [0, 0.05) is 35.7 Å². The van der Waals surface area contributed by atoms with Gasteiger partial charge in [0.15, 0.2) is 6.20 Å². The van der Waals surface area contributed by atoms with Gasteiger partial charge in [0.05, 0.1) is 11.3 Å². The molecular formula is C30H26F3N3O5S. The molecule has 2 heterocycles. The summed E-state index contributed by atoms with van der Waals surface area (Å²) in [5, 5.41) is 22.1. The first-order chi connectivity index (χ1) is 19.8. The summed E-state index contributed by atoms with van der Waals surface area (Å²) in [7, 11) is 0. The smallest absolute Gasteiger partial charge is 0.421 e. The second-order valence-electron chi connectivity index (χ2n) is 9.57. The van der Waals surface area contributed by atoms with E-state index in [4.69, 9.17) is 4.74 Å². The molecule has 0 spiro atoms. The van der Waals surface area contributed by atoms with Crippen LogP contribution in [-0.2, 0) is 11.9 Å². The second-order valence-corrected chi connectivity index (χ2v) is 10.6. The van der Waals surface area contributed by atoms with E-state index in [1.807, 2.05) is 6.92 Å². The van der Waals surface area contributed by atoms with Crippen LogP contribution in [0.2, 0.25) is 0 Å². The molecule has 0 aliphatic rings. The molecule has 8 nitrogen and oxygen atoms in total. The highest BCUT2D eigenvalue weighted by Gasteiger charge is 2.36. The van der Waals surface area contributed by atoms with Crippen LogP contribution in [0.1, 0.15) is 51.3 Å². The molecule has 4 rings (SSSR count). The SMILES string of the molecule is Cc1ccc(C(=O)N(c2ccc(Oc3ncc(CSc4cccc[n+]4[O-])cc3C(F)(F)F)cc2C(=O)O)C(C)C)cc1. The number of thioether (sulfide) groups is 1. The van der Waals surface area contributed by atoms with E-state index >= 15 is 0 Å². The Labute approximate surface area is 244 Å². The number of pyridine rings is 2. The van der Waals surface area contributed by atoms with Crippen LogP contribution in [0.3, 0.4) is 0 Å². The maximum Gasteiger partial charge on any atom is 0.421 e. The Bertz CT molecular complexity index is 1610. The van der Waals surface area contributed by atoms with Gasteiger partial charge in [0.1, 0.15) is 11.3 Å².